The van der Waals surface area contributed by atoms with Crippen LogP contribution in [0.4, 0.5) is 0 Å². The first-order valence-electron chi connectivity index (χ1n) is 11.9. The largest absolute Gasteiger partial charge is 0.497 e. The van der Waals surface area contributed by atoms with Gasteiger partial charge in [0.15, 0.2) is 0 Å². The van der Waals surface area contributed by atoms with Gasteiger partial charge in [0.25, 0.3) is 0 Å². The summed E-state index contributed by atoms with van der Waals surface area (Å²) >= 11 is 2.03. The zero-order valence-electron chi connectivity index (χ0n) is 20.1. The topological polar surface area (TPSA) is 65.8 Å². The molecule has 3 atom stereocenters. The van der Waals surface area contributed by atoms with Crippen molar-refractivity contribution in [3.8, 4) is 5.75 Å². The fourth-order valence-electron chi connectivity index (χ4n) is 4.70. The molecule has 178 valence electrons. The third-order valence-electron chi connectivity index (χ3n) is 6.52. The number of fused-ring (bicyclic) bond motifs is 1. The molecule has 2 heterocycles. The lowest BCUT2D eigenvalue weighted by Crippen LogP contribution is -2.42. The van der Waals surface area contributed by atoms with Crippen molar-refractivity contribution in [1.29, 1.82) is 0 Å². The second-order valence-corrected chi connectivity index (χ2v) is 11.9. The Hall–Kier alpha value is -1.34. The van der Waals surface area contributed by atoms with E-state index in [4.69, 9.17) is 4.74 Å². The Morgan fingerprint density at radius 3 is 2.78 bits per heavy atom. The molecule has 2 N–H and O–H groups in total. The van der Waals surface area contributed by atoms with E-state index in [1.54, 1.807) is 13.3 Å². The van der Waals surface area contributed by atoms with E-state index in [1.807, 2.05) is 36.0 Å². The highest BCUT2D eigenvalue weighted by atomic mass is 32.2. The van der Waals surface area contributed by atoms with Crippen LogP contribution in [0.2, 0.25) is 0 Å². The minimum Gasteiger partial charge on any atom is -0.497 e. The number of piperidine rings is 1. The molecule has 1 aromatic carbocycles. The third kappa shape index (κ3) is 7.08. The number of aliphatic hydroxyl groups excluding tert-OH is 2. The van der Waals surface area contributed by atoms with E-state index in [1.165, 1.54) is 12.2 Å². The zero-order chi connectivity index (χ0) is 23.1. The number of benzene rings is 1. The van der Waals surface area contributed by atoms with Crippen molar-refractivity contribution in [2.45, 2.75) is 57.3 Å². The summed E-state index contributed by atoms with van der Waals surface area (Å²) in [5, 5.41) is 22.0. The summed E-state index contributed by atoms with van der Waals surface area (Å²) in [5.74, 6) is 2.70. The lowest BCUT2D eigenvalue weighted by atomic mass is 9.81. The summed E-state index contributed by atoms with van der Waals surface area (Å²) in [5.41, 5.74) is 1.77. The monoisotopic (exact) mass is 460 g/mol. The molecule has 5 nitrogen and oxygen atoms in total. The quantitative estimate of drug-likeness (QED) is 0.491. The van der Waals surface area contributed by atoms with Crippen LogP contribution in [0.3, 0.4) is 0 Å². The van der Waals surface area contributed by atoms with Gasteiger partial charge in [0.2, 0.25) is 0 Å². The molecule has 0 spiro atoms. The number of methoxy groups -OCH3 is 1. The molecule has 3 rings (SSSR count). The SMILES string of the molecule is COc1ccc2nccc(C(O)CC[C@@H]3CCN(CCCSC(C)(C)C)C[C@@H]3CO)c2c1. The number of aliphatic hydroxyl groups is 2. The Morgan fingerprint density at radius 2 is 2.06 bits per heavy atom. The molecule has 1 aliphatic rings. The molecule has 0 bridgehead atoms. The molecule has 0 amide bonds. The van der Waals surface area contributed by atoms with Gasteiger partial charge in [-0.3, -0.25) is 4.98 Å². The van der Waals surface area contributed by atoms with Crippen molar-refractivity contribution in [3.63, 3.8) is 0 Å². The highest BCUT2D eigenvalue weighted by Crippen LogP contribution is 2.33. The van der Waals surface area contributed by atoms with Gasteiger partial charge in [0, 0.05) is 29.5 Å². The van der Waals surface area contributed by atoms with E-state index in [9.17, 15) is 10.2 Å². The third-order valence-corrected chi connectivity index (χ3v) is 7.87. The van der Waals surface area contributed by atoms with Crippen LogP contribution in [0, 0.1) is 11.8 Å². The predicted octanol–water partition coefficient (Wildman–Crippen LogP) is 4.91. The highest BCUT2D eigenvalue weighted by Gasteiger charge is 2.29. The molecule has 1 unspecified atom stereocenters. The van der Waals surface area contributed by atoms with Crippen LogP contribution in [-0.2, 0) is 0 Å². The van der Waals surface area contributed by atoms with Crippen LogP contribution in [0.1, 0.15) is 58.1 Å². The second kappa shape index (κ2) is 11.7. The van der Waals surface area contributed by atoms with Crippen molar-refractivity contribution in [2.75, 3.05) is 39.1 Å². The molecular formula is C26H40N2O3S. The Labute approximate surface area is 197 Å². The van der Waals surface area contributed by atoms with E-state index in [0.29, 0.717) is 23.0 Å². The highest BCUT2D eigenvalue weighted by molar-refractivity contribution is 8.00. The molecule has 2 aromatic rings. The Kier molecular flexibility index (Phi) is 9.23. The predicted molar refractivity (Wildman–Crippen MR) is 134 cm³/mol. The minimum atomic E-state index is -0.542. The van der Waals surface area contributed by atoms with Gasteiger partial charge in [-0.25, -0.2) is 0 Å². The van der Waals surface area contributed by atoms with Gasteiger partial charge in [-0.15, -0.1) is 0 Å². The van der Waals surface area contributed by atoms with E-state index < -0.39 is 6.10 Å². The number of hydrogen-bond donors (Lipinski definition) is 2. The first-order chi connectivity index (χ1) is 15.3. The number of hydrogen-bond acceptors (Lipinski definition) is 6. The van der Waals surface area contributed by atoms with Crippen molar-refractivity contribution >= 4 is 22.7 Å². The average molecular weight is 461 g/mol. The number of aromatic nitrogens is 1. The van der Waals surface area contributed by atoms with E-state index in [2.05, 4.69) is 30.7 Å². The maximum absolute atomic E-state index is 11.0. The lowest BCUT2D eigenvalue weighted by Gasteiger charge is -2.38. The maximum atomic E-state index is 11.0. The smallest absolute Gasteiger partial charge is 0.119 e. The van der Waals surface area contributed by atoms with Gasteiger partial charge < -0.3 is 19.8 Å². The molecule has 1 saturated heterocycles. The first kappa shape index (κ1) is 25.3. The number of rotatable bonds is 10. The number of thioether (sulfide) groups is 1. The molecular weight excluding hydrogens is 420 g/mol. The normalized spacial score (nSPS) is 21.1. The van der Waals surface area contributed by atoms with E-state index in [-0.39, 0.29) is 6.61 Å². The molecule has 32 heavy (non-hydrogen) atoms. The molecule has 1 aliphatic heterocycles. The summed E-state index contributed by atoms with van der Waals surface area (Å²) in [6.07, 6.45) is 5.13. The second-order valence-electron chi connectivity index (χ2n) is 9.98. The summed E-state index contributed by atoms with van der Waals surface area (Å²) in [6.45, 7) is 10.2. The van der Waals surface area contributed by atoms with Crippen molar-refractivity contribution in [3.05, 3.63) is 36.0 Å². The fraction of sp³-hybridized carbons (Fsp3) is 0.654. The molecule has 0 saturated carbocycles. The zero-order valence-corrected chi connectivity index (χ0v) is 20.9. The van der Waals surface area contributed by atoms with Crippen LogP contribution in [0.5, 0.6) is 5.75 Å². The molecule has 0 aliphatic carbocycles. The average Bonchev–Trinajstić information content (AvgIpc) is 2.79. The molecule has 0 radical (unpaired) electrons. The number of pyridine rings is 1. The Bertz CT molecular complexity index is 855. The van der Waals surface area contributed by atoms with Gasteiger partial charge in [-0.2, -0.15) is 11.8 Å². The van der Waals surface area contributed by atoms with Crippen LogP contribution >= 0.6 is 11.8 Å². The van der Waals surface area contributed by atoms with Gasteiger partial charge in [0.05, 0.1) is 18.7 Å². The van der Waals surface area contributed by atoms with Crippen molar-refractivity contribution in [2.24, 2.45) is 11.8 Å². The standard InChI is InChI=1S/C26H40N2O3S/c1-26(2,3)32-15-5-13-28-14-11-19(20(17-28)18-29)6-9-25(30)22-10-12-27-24-8-7-21(31-4)16-23(22)24/h7-8,10,12,16,19-20,25,29-30H,5-6,9,11,13-15,17-18H2,1-4H3/t19-,20-,25?/m1/s1. The Morgan fingerprint density at radius 1 is 1.25 bits per heavy atom. The minimum absolute atomic E-state index is 0.226. The van der Waals surface area contributed by atoms with E-state index >= 15 is 0 Å². The molecule has 6 heteroatoms. The number of ether oxygens (including phenoxy) is 1. The summed E-state index contributed by atoms with van der Waals surface area (Å²) < 4.78 is 5.69. The number of likely N-dealkylation sites (tertiary alicyclic amines) is 1. The van der Waals surface area contributed by atoms with Crippen LogP contribution in [0.25, 0.3) is 10.9 Å². The molecule has 1 fully saturated rings. The van der Waals surface area contributed by atoms with Gasteiger partial charge in [-0.1, -0.05) is 20.8 Å². The van der Waals surface area contributed by atoms with Crippen LogP contribution < -0.4 is 4.74 Å². The van der Waals surface area contributed by atoms with E-state index in [0.717, 1.165) is 54.7 Å². The van der Waals surface area contributed by atoms with Gasteiger partial charge in [-0.05, 0) is 86.2 Å². The van der Waals surface area contributed by atoms with Gasteiger partial charge in [0.1, 0.15) is 5.75 Å². The van der Waals surface area contributed by atoms with Crippen LogP contribution in [-0.4, -0.2) is 63.9 Å². The summed E-state index contributed by atoms with van der Waals surface area (Å²) in [6, 6.07) is 7.69. The summed E-state index contributed by atoms with van der Waals surface area (Å²) in [4.78, 5) is 6.93. The van der Waals surface area contributed by atoms with Crippen molar-refractivity contribution in [1.82, 2.24) is 9.88 Å². The number of nitrogens with zero attached hydrogens (tertiary/aromatic N) is 2. The fourth-order valence-corrected chi connectivity index (χ4v) is 5.59. The van der Waals surface area contributed by atoms with Crippen LogP contribution in [0.15, 0.2) is 30.5 Å². The molecule has 1 aromatic heterocycles. The van der Waals surface area contributed by atoms with Gasteiger partial charge >= 0.3 is 0 Å². The lowest BCUT2D eigenvalue weighted by molar-refractivity contribution is 0.0580. The van der Waals surface area contributed by atoms with Crippen molar-refractivity contribution < 1.29 is 14.9 Å². The Balaban J connectivity index is 1.53. The maximum Gasteiger partial charge on any atom is 0.119 e. The first-order valence-corrected chi connectivity index (χ1v) is 12.9. The summed E-state index contributed by atoms with van der Waals surface area (Å²) in [7, 11) is 1.65.